The van der Waals surface area contributed by atoms with E-state index in [-0.39, 0.29) is 56.8 Å². The number of hydrogen-bond donors (Lipinski definition) is 7. The molecule has 2 aromatic carbocycles. The maximum atomic E-state index is 14.3. The zero-order valence-electron chi connectivity index (χ0n) is 30.3. The number of carbonyl (C=O) groups excluding carboxylic acids is 3. The molecule has 4 aromatic rings. The van der Waals surface area contributed by atoms with E-state index in [1.54, 1.807) is 0 Å². The molecule has 23 nitrogen and oxygen atoms in total. The second-order valence-electron chi connectivity index (χ2n) is 12.6. The van der Waals surface area contributed by atoms with Gasteiger partial charge in [0.15, 0.2) is 18.1 Å². The van der Waals surface area contributed by atoms with Gasteiger partial charge in [0, 0.05) is 24.7 Å². The molecule has 2 aromatic heterocycles. The molecule has 1 unspecified atom stereocenters. The highest BCUT2D eigenvalue weighted by molar-refractivity contribution is 8.01. The fraction of sp³-hybridized carbons (Fsp3) is 0.303. The van der Waals surface area contributed by atoms with Crippen molar-refractivity contribution in [2.75, 3.05) is 31.0 Å². The van der Waals surface area contributed by atoms with Gasteiger partial charge in [0.25, 0.3) is 27.7 Å². The largest absolute Gasteiger partial charge is 0.504 e. The van der Waals surface area contributed by atoms with Crippen LogP contribution in [-0.2, 0) is 40.6 Å². The van der Waals surface area contributed by atoms with Gasteiger partial charge in [-0.3, -0.25) is 28.6 Å². The van der Waals surface area contributed by atoms with E-state index in [4.69, 9.17) is 23.6 Å². The number of carboxylic acids is 2. The number of fused-ring (bicyclic) bond motifs is 2. The highest BCUT2D eigenvalue weighted by Gasteiger charge is 2.67. The molecule has 0 bridgehead atoms. The number of carboxylic acid groups (broad SMARTS) is 2. The number of nitrogens with one attached hydrogen (secondary N) is 2. The number of carbonyl (C=O) groups is 5. The summed E-state index contributed by atoms with van der Waals surface area (Å²) in [7, 11) is -3.25. The first kappa shape index (κ1) is 42.4. The van der Waals surface area contributed by atoms with Crippen LogP contribution in [0.1, 0.15) is 27.7 Å². The minimum absolute atomic E-state index is 0.0149. The third-order valence-corrected chi connectivity index (χ3v) is 12.0. The maximum Gasteiger partial charge on any atom is 0.352 e. The number of aliphatic carboxylic acids is 2. The highest BCUT2D eigenvalue weighted by Crippen LogP contribution is 2.47. The summed E-state index contributed by atoms with van der Waals surface area (Å²) in [5.74, 6) is -8.17. The van der Waals surface area contributed by atoms with Gasteiger partial charge in [-0.05, 0) is 46.7 Å². The van der Waals surface area contributed by atoms with E-state index in [0.717, 1.165) is 52.3 Å². The molecule has 2 aliphatic heterocycles. The molecule has 0 aliphatic carbocycles. The van der Waals surface area contributed by atoms with Crippen molar-refractivity contribution < 1.29 is 71.3 Å². The molecule has 0 saturated carbocycles. The Hall–Kier alpha value is -6.22. The molecule has 59 heavy (non-hydrogen) atoms. The molecule has 26 heteroatoms. The number of phenols is 2. The summed E-state index contributed by atoms with van der Waals surface area (Å²) in [6.45, 7) is 0.282. The van der Waals surface area contributed by atoms with Crippen LogP contribution < -0.4 is 20.8 Å². The number of thioether (sulfide) groups is 2. The van der Waals surface area contributed by atoms with E-state index >= 15 is 0 Å². The standard InChI is InChI=1S/C33H31N7O16S3/c1-14-23(26(45)18-9-19(41)20(42)10-21(18)56-14)27(46)34-24(15-3-5-17(6-4-15)55-11-22(43)44)28(47)35-33(54-2)30(50)40-25(29(48)49)16(12-57-31(33)40)13-58-32-36-37-38-39(32)7-8-59(51,52)53/h3-6,9-10,24,31,41-42H,7-8,11-13H2,1-2H3,(H,34,46)(H,35,47)(H,43,44)(H,48,49)(H,51,52,53)/t24?,31-,33-/m0/s1. The van der Waals surface area contributed by atoms with Crippen LogP contribution in [0.4, 0.5) is 0 Å². The van der Waals surface area contributed by atoms with Crippen molar-refractivity contribution in [2.24, 2.45) is 0 Å². The Morgan fingerprint density at radius 2 is 1.81 bits per heavy atom. The molecular formula is C33H31N7O16S3. The third-order valence-electron chi connectivity index (χ3n) is 8.88. The van der Waals surface area contributed by atoms with Gasteiger partial charge in [-0.15, -0.1) is 16.9 Å². The molecule has 7 N–H and O–H groups in total. The smallest absolute Gasteiger partial charge is 0.352 e. The molecule has 4 heterocycles. The molecular weight excluding hydrogens is 847 g/mol. The lowest BCUT2D eigenvalue weighted by atomic mass is 9.96. The van der Waals surface area contributed by atoms with E-state index in [1.165, 1.54) is 31.2 Å². The number of benzene rings is 2. The average Bonchev–Trinajstić information content (AvgIpc) is 3.64. The topological polar surface area (TPSA) is 340 Å². The number of ether oxygens (including phenoxy) is 2. The maximum absolute atomic E-state index is 14.3. The van der Waals surface area contributed by atoms with E-state index in [2.05, 4.69) is 26.2 Å². The van der Waals surface area contributed by atoms with Gasteiger partial charge >= 0.3 is 11.9 Å². The van der Waals surface area contributed by atoms with Crippen LogP contribution in [0, 0.1) is 6.92 Å². The molecule has 3 atom stereocenters. The number of nitrogens with zero attached hydrogens (tertiary/aromatic N) is 5. The second-order valence-corrected chi connectivity index (χ2v) is 16.2. The zero-order chi connectivity index (χ0) is 43.0. The first-order valence-electron chi connectivity index (χ1n) is 16.7. The molecule has 6 rings (SSSR count). The van der Waals surface area contributed by atoms with Crippen molar-refractivity contribution in [3.8, 4) is 17.2 Å². The van der Waals surface area contributed by atoms with Gasteiger partial charge in [0.05, 0.1) is 17.7 Å². The summed E-state index contributed by atoms with van der Waals surface area (Å²) in [4.78, 5) is 80.1. The fourth-order valence-corrected chi connectivity index (χ4v) is 8.99. The Morgan fingerprint density at radius 3 is 2.46 bits per heavy atom. The Morgan fingerprint density at radius 1 is 1.12 bits per heavy atom. The van der Waals surface area contributed by atoms with Crippen LogP contribution in [0.5, 0.6) is 17.2 Å². The second kappa shape index (κ2) is 16.6. The lowest BCUT2D eigenvalue weighted by Crippen LogP contribution is -2.81. The van der Waals surface area contributed by atoms with Crippen LogP contribution in [0.25, 0.3) is 11.0 Å². The molecule has 1 saturated heterocycles. The molecule has 312 valence electrons. The van der Waals surface area contributed by atoms with Crippen molar-refractivity contribution >= 4 is 74.3 Å². The van der Waals surface area contributed by atoms with Gasteiger partial charge < -0.3 is 45.0 Å². The lowest BCUT2D eigenvalue weighted by Gasteiger charge is -2.56. The minimum atomic E-state index is -4.34. The van der Waals surface area contributed by atoms with E-state index in [0.29, 0.717) is 0 Å². The average molecular weight is 878 g/mol. The van der Waals surface area contributed by atoms with Crippen LogP contribution in [0.15, 0.2) is 62.0 Å². The number of aromatic nitrogens is 4. The number of aryl methyl sites for hydroxylation is 2. The van der Waals surface area contributed by atoms with Crippen molar-refractivity contribution in [1.29, 1.82) is 0 Å². The van der Waals surface area contributed by atoms with Crippen molar-refractivity contribution in [1.82, 2.24) is 35.7 Å². The van der Waals surface area contributed by atoms with Gasteiger partial charge in [0.1, 0.15) is 39.8 Å². The number of phenolic OH excluding ortho intramolecular Hbond substituents is 2. The lowest BCUT2D eigenvalue weighted by molar-refractivity contribution is -0.192. The van der Waals surface area contributed by atoms with Crippen LogP contribution in [0.2, 0.25) is 0 Å². The van der Waals surface area contributed by atoms with Crippen LogP contribution in [-0.4, -0.2) is 130 Å². The molecule has 0 spiro atoms. The summed E-state index contributed by atoms with van der Waals surface area (Å²) < 4.78 is 48.9. The zero-order valence-corrected chi connectivity index (χ0v) is 32.8. The normalized spacial score (nSPS) is 18.2. The molecule has 3 amide bonds. The van der Waals surface area contributed by atoms with E-state index < -0.39 is 97.5 Å². The summed E-state index contributed by atoms with van der Waals surface area (Å²) in [6.07, 6.45) is 0. The van der Waals surface area contributed by atoms with E-state index in [1.807, 2.05) is 0 Å². The quantitative estimate of drug-likeness (QED) is 0.0252. The number of aromatic hydroxyl groups is 2. The van der Waals surface area contributed by atoms with Crippen LogP contribution >= 0.6 is 23.5 Å². The predicted octanol–water partition coefficient (Wildman–Crippen LogP) is -0.174. The van der Waals surface area contributed by atoms with Crippen LogP contribution in [0.3, 0.4) is 0 Å². The number of hydrogen-bond acceptors (Lipinski definition) is 18. The van der Waals surface area contributed by atoms with Gasteiger partial charge in [0.2, 0.25) is 16.5 Å². The summed E-state index contributed by atoms with van der Waals surface area (Å²) >= 11 is 1.96. The molecule has 2 aliphatic rings. The third kappa shape index (κ3) is 8.51. The van der Waals surface area contributed by atoms with Crippen molar-refractivity contribution in [2.45, 2.75) is 35.8 Å². The Balaban J connectivity index is 1.28. The number of amides is 3. The number of methoxy groups -OCH3 is 1. The number of tetrazole rings is 1. The fourth-order valence-electron chi connectivity index (χ4n) is 6.10. The Bertz CT molecular complexity index is 2600. The molecule has 0 radical (unpaired) electrons. The SMILES string of the molecule is CO[C@@]1(NC(=O)C(NC(=O)c2c(C)oc3cc(O)c(O)cc3c2=O)c2ccc(OCC(=O)O)cc2)C(=O)N2C(C(=O)O)=C(CSc3nnnn3CCS(=O)(=O)O)CS[C@H]21. The minimum Gasteiger partial charge on any atom is -0.504 e. The van der Waals surface area contributed by atoms with Crippen molar-refractivity contribution in [3.05, 3.63) is 74.8 Å². The Kier molecular flexibility index (Phi) is 11.9. The monoisotopic (exact) mass is 877 g/mol. The Labute approximate surface area is 339 Å². The molecule has 1 fully saturated rings. The summed E-state index contributed by atoms with van der Waals surface area (Å²) in [6, 6.07) is 5.36. The number of rotatable bonds is 16. The first-order chi connectivity index (χ1) is 27.8. The predicted molar refractivity (Wildman–Crippen MR) is 201 cm³/mol. The summed E-state index contributed by atoms with van der Waals surface area (Å²) in [5.41, 5.74) is -4.00. The van der Waals surface area contributed by atoms with Gasteiger partial charge in [-0.2, -0.15) is 8.42 Å². The first-order valence-corrected chi connectivity index (χ1v) is 20.4. The highest BCUT2D eigenvalue weighted by atomic mass is 32.2. The van der Waals surface area contributed by atoms with E-state index in [9.17, 15) is 52.5 Å². The van der Waals surface area contributed by atoms with Gasteiger partial charge in [-0.1, -0.05) is 23.9 Å². The van der Waals surface area contributed by atoms with Gasteiger partial charge in [-0.25, -0.2) is 14.3 Å². The summed E-state index contributed by atoms with van der Waals surface area (Å²) in [5, 5.41) is 53.6. The number of β-lactam (4-membered cyclic amide) rings is 1. The van der Waals surface area contributed by atoms with Crippen molar-refractivity contribution in [3.63, 3.8) is 0 Å².